The highest BCUT2D eigenvalue weighted by molar-refractivity contribution is 6.29. The van der Waals surface area contributed by atoms with Gasteiger partial charge in [0.2, 0.25) is 0 Å². The number of hydrogen-bond acceptors (Lipinski definition) is 2. The summed E-state index contributed by atoms with van der Waals surface area (Å²) in [5.41, 5.74) is 0.932. The van der Waals surface area contributed by atoms with Crippen LogP contribution in [0.2, 0.25) is 5.54 Å². The summed E-state index contributed by atoms with van der Waals surface area (Å²) in [6, 6.07) is 0. The average Bonchev–Trinajstić information content (AvgIpc) is 2.30. The lowest BCUT2D eigenvalue weighted by Crippen LogP contribution is -2.08. The van der Waals surface area contributed by atoms with E-state index >= 15 is 0 Å². The number of carboxylic acids is 1. The fourth-order valence-electron chi connectivity index (χ4n) is 1.89. The third-order valence-corrected chi connectivity index (χ3v) is 4.65. The molecule has 0 aliphatic heterocycles. The van der Waals surface area contributed by atoms with Gasteiger partial charge in [-0.1, -0.05) is 45.6 Å². The van der Waals surface area contributed by atoms with Crippen LogP contribution in [0.3, 0.4) is 0 Å². The molecule has 0 aromatic rings. The normalized spacial score (nSPS) is 13.1. The summed E-state index contributed by atoms with van der Waals surface area (Å²) in [5, 5.41) is 8.75. The van der Waals surface area contributed by atoms with Gasteiger partial charge >= 0.3 is 5.97 Å². The van der Waals surface area contributed by atoms with Gasteiger partial charge in [-0.05, 0) is 18.4 Å². The van der Waals surface area contributed by atoms with E-state index in [1.165, 1.54) is 32.1 Å². The Labute approximate surface area is 107 Å². The molecule has 0 spiro atoms. The van der Waals surface area contributed by atoms with Crippen molar-refractivity contribution >= 4 is 15.7 Å². The van der Waals surface area contributed by atoms with Gasteiger partial charge in [-0.3, -0.25) is 0 Å². The number of carboxylic acid groups (broad SMARTS) is 1. The Kier molecular flexibility index (Phi) is 10.2. The van der Waals surface area contributed by atoms with Gasteiger partial charge in [-0.2, -0.15) is 0 Å². The molecule has 0 saturated heterocycles. The third kappa shape index (κ3) is 9.12. The maximum absolute atomic E-state index is 10.6. The van der Waals surface area contributed by atoms with Gasteiger partial charge in [0.25, 0.3) is 0 Å². The van der Waals surface area contributed by atoms with Gasteiger partial charge < -0.3 is 9.53 Å². The number of rotatable bonds is 11. The first-order valence-corrected chi connectivity index (χ1v) is 7.91. The first-order valence-electron chi connectivity index (χ1n) is 6.51. The minimum atomic E-state index is -0.867. The molecule has 0 bridgehead atoms. The Morgan fingerprint density at radius 2 is 2.06 bits per heavy atom. The summed E-state index contributed by atoms with van der Waals surface area (Å²) >= 11 is 0. The van der Waals surface area contributed by atoms with E-state index in [4.69, 9.17) is 9.53 Å². The molecule has 17 heavy (non-hydrogen) atoms. The highest BCUT2D eigenvalue weighted by Gasteiger charge is 2.12. The lowest BCUT2D eigenvalue weighted by Gasteiger charge is -2.15. The van der Waals surface area contributed by atoms with Crippen LogP contribution in [0, 0.1) is 0 Å². The summed E-state index contributed by atoms with van der Waals surface area (Å²) in [5.74, 6) is -0.867. The van der Waals surface area contributed by atoms with E-state index in [1.807, 2.05) is 0 Å². The van der Waals surface area contributed by atoms with E-state index in [9.17, 15) is 4.79 Å². The molecule has 0 heterocycles. The molecule has 0 amide bonds. The Balaban J connectivity index is 3.81. The maximum Gasteiger partial charge on any atom is 0.330 e. The number of hydrogen-bond donors (Lipinski definition) is 1. The third-order valence-electron chi connectivity index (χ3n) is 3.03. The molecule has 0 fully saturated rings. The number of aliphatic carboxylic acids is 1. The molecule has 0 aromatic carbocycles. The van der Waals surface area contributed by atoms with Crippen molar-refractivity contribution in [2.75, 3.05) is 7.11 Å². The highest BCUT2D eigenvalue weighted by Crippen LogP contribution is 2.23. The van der Waals surface area contributed by atoms with Crippen LogP contribution in [-0.2, 0) is 9.22 Å². The molecular formula is C13H26O3Si. The SMILES string of the molecule is C=C(CCC(CCCCCC)[SiH2]OC)C(=O)O. The van der Waals surface area contributed by atoms with Crippen LogP contribution in [-0.4, -0.2) is 27.9 Å². The topological polar surface area (TPSA) is 46.5 Å². The minimum Gasteiger partial charge on any atom is -0.478 e. The monoisotopic (exact) mass is 258 g/mol. The molecule has 100 valence electrons. The summed E-state index contributed by atoms with van der Waals surface area (Å²) in [4.78, 5) is 10.6. The van der Waals surface area contributed by atoms with Gasteiger partial charge in [-0.15, -0.1) is 0 Å². The molecule has 1 atom stereocenters. The van der Waals surface area contributed by atoms with Gasteiger partial charge in [0.1, 0.15) is 0 Å². The van der Waals surface area contributed by atoms with Crippen LogP contribution in [0.25, 0.3) is 0 Å². The van der Waals surface area contributed by atoms with Crippen LogP contribution in [0.5, 0.6) is 0 Å². The average molecular weight is 258 g/mol. The molecule has 1 unspecified atom stereocenters. The maximum atomic E-state index is 10.6. The van der Waals surface area contributed by atoms with E-state index in [-0.39, 0.29) is 0 Å². The van der Waals surface area contributed by atoms with Gasteiger partial charge in [0.15, 0.2) is 9.76 Å². The van der Waals surface area contributed by atoms with E-state index < -0.39 is 15.7 Å². The van der Waals surface area contributed by atoms with Crippen molar-refractivity contribution in [2.24, 2.45) is 0 Å². The molecule has 0 aliphatic rings. The zero-order valence-electron chi connectivity index (χ0n) is 11.2. The van der Waals surface area contributed by atoms with Crippen molar-refractivity contribution in [3.8, 4) is 0 Å². The van der Waals surface area contributed by atoms with Crippen LogP contribution < -0.4 is 0 Å². The van der Waals surface area contributed by atoms with Gasteiger partial charge in [-0.25, -0.2) is 4.79 Å². The second-order valence-electron chi connectivity index (χ2n) is 4.62. The second-order valence-corrected chi connectivity index (χ2v) is 6.68. The van der Waals surface area contributed by atoms with E-state index in [0.29, 0.717) is 17.5 Å². The van der Waals surface area contributed by atoms with E-state index in [1.54, 1.807) is 7.11 Å². The van der Waals surface area contributed by atoms with Crippen molar-refractivity contribution in [1.82, 2.24) is 0 Å². The quantitative estimate of drug-likeness (QED) is 0.352. The summed E-state index contributed by atoms with van der Waals surface area (Å²) < 4.78 is 5.32. The summed E-state index contributed by atoms with van der Waals surface area (Å²) in [6.45, 7) is 5.78. The summed E-state index contributed by atoms with van der Waals surface area (Å²) in [7, 11) is 1.26. The Morgan fingerprint density at radius 1 is 1.35 bits per heavy atom. The van der Waals surface area contributed by atoms with Crippen LogP contribution in [0.15, 0.2) is 12.2 Å². The number of unbranched alkanes of at least 4 members (excludes halogenated alkanes) is 3. The largest absolute Gasteiger partial charge is 0.478 e. The van der Waals surface area contributed by atoms with Crippen LogP contribution in [0.4, 0.5) is 0 Å². The second kappa shape index (κ2) is 10.5. The van der Waals surface area contributed by atoms with E-state index in [2.05, 4.69) is 13.5 Å². The smallest absolute Gasteiger partial charge is 0.330 e. The minimum absolute atomic E-state index is 0.327. The highest BCUT2D eigenvalue weighted by atomic mass is 28.2. The molecule has 1 N–H and O–H groups in total. The van der Waals surface area contributed by atoms with Crippen molar-refractivity contribution in [3.05, 3.63) is 12.2 Å². The van der Waals surface area contributed by atoms with Crippen LogP contribution in [0.1, 0.15) is 51.9 Å². The van der Waals surface area contributed by atoms with Crippen LogP contribution >= 0.6 is 0 Å². The first-order chi connectivity index (χ1) is 8.11. The molecule has 0 radical (unpaired) electrons. The van der Waals surface area contributed by atoms with Gasteiger partial charge in [0.05, 0.1) is 0 Å². The standard InChI is InChI=1S/C13H26O3Si/c1-4-5-6-7-8-12(17-16-3)10-9-11(2)13(14)15/h12H,2,4-10,17H2,1,3H3,(H,14,15). The zero-order chi connectivity index (χ0) is 13.1. The zero-order valence-corrected chi connectivity index (χ0v) is 12.6. The molecule has 0 aliphatic carbocycles. The predicted octanol–water partition coefficient (Wildman–Crippen LogP) is 2.90. The fraction of sp³-hybridized carbons (Fsp3) is 0.769. The van der Waals surface area contributed by atoms with Crippen molar-refractivity contribution < 1.29 is 14.3 Å². The molecule has 4 heteroatoms. The predicted molar refractivity (Wildman–Crippen MR) is 74.1 cm³/mol. The molecule has 0 aromatic heterocycles. The van der Waals surface area contributed by atoms with Gasteiger partial charge in [0, 0.05) is 12.7 Å². The fourth-order valence-corrected chi connectivity index (χ4v) is 3.19. The Hall–Kier alpha value is -0.613. The molecular weight excluding hydrogens is 232 g/mol. The van der Waals surface area contributed by atoms with Crippen molar-refractivity contribution in [1.29, 1.82) is 0 Å². The molecule has 0 saturated carbocycles. The molecule has 0 rings (SSSR count). The van der Waals surface area contributed by atoms with Crippen molar-refractivity contribution in [3.63, 3.8) is 0 Å². The molecule has 3 nitrogen and oxygen atoms in total. The van der Waals surface area contributed by atoms with E-state index in [0.717, 1.165) is 6.42 Å². The van der Waals surface area contributed by atoms with Crippen molar-refractivity contribution in [2.45, 2.75) is 57.4 Å². The Bertz CT molecular complexity index is 229. The lowest BCUT2D eigenvalue weighted by molar-refractivity contribution is -0.132. The Morgan fingerprint density at radius 3 is 2.59 bits per heavy atom. The first kappa shape index (κ1) is 16.4. The number of carbonyl (C=O) groups is 1. The summed E-state index contributed by atoms with van der Waals surface area (Å²) in [6.07, 6.45) is 7.79. The lowest BCUT2D eigenvalue weighted by atomic mass is 10.0.